The molecule has 148 valence electrons. The number of hydrogen-bond donors (Lipinski definition) is 0. The Kier molecular flexibility index (Phi) is 3.82. The van der Waals surface area contributed by atoms with Gasteiger partial charge in [-0.25, -0.2) is 0 Å². The van der Waals surface area contributed by atoms with Crippen molar-refractivity contribution in [3.63, 3.8) is 0 Å². The van der Waals surface area contributed by atoms with E-state index in [9.17, 15) is 0 Å². The maximum absolute atomic E-state index is 5.66. The Hall–Kier alpha value is -2.78. The lowest BCUT2D eigenvalue weighted by Gasteiger charge is -2.24. The van der Waals surface area contributed by atoms with Gasteiger partial charge in [-0.3, -0.25) is 4.98 Å². The van der Waals surface area contributed by atoms with Gasteiger partial charge in [0, 0.05) is 39.0 Å². The Balaban J connectivity index is 1.57. The summed E-state index contributed by atoms with van der Waals surface area (Å²) < 4.78 is 5.66. The molecule has 2 atom stereocenters. The highest BCUT2D eigenvalue weighted by Gasteiger charge is 2.39. The van der Waals surface area contributed by atoms with Gasteiger partial charge < -0.3 is 4.42 Å². The Labute approximate surface area is 181 Å². The molecule has 6 rings (SSSR count). The first-order valence-electron chi connectivity index (χ1n) is 10.5. The molecule has 3 heteroatoms. The van der Waals surface area contributed by atoms with Crippen molar-refractivity contribution in [2.24, 2.45) is 0 Å². The van der Waals surface area contributed by atoms with E-state index in [1.54, 1.807) is 6.26 Å². The van der Waals surface area contributed by atoms with E-state index < -0.39 is 0 Å². The van der Waals surface area contributed by atoms with Crippen LogP contribution in [-0.4, -0.2) is 4.98 Å². The van der Waals surface area contributed by atoms with E-state index in [1.807, 2.05) is 18.0 Å². The number of allylic oxidation sites excluding steroid dienone is 1. The van der Waals surface area contributed by atoms with Crippen LogP contribution in [0.1, 0.15) is 54.4 Å². The zero-order valence-corrected chi connectivity index (χ0v) is 18.2. The molecule has 2 unspecified atom stereocenters. The first kappa shape index (κ1) is 18.0. The minimum absolute atomic E-state index is 0.0568. The number of furan rings is 1. The Morgan fingerprint density at radius 3 is 2.77 bits per heavy atom. The van der Waals surface area contributed by atoms with Gasteiger partial charge in [0.05, 0.1) is 12.0 Å². The Morgan fingerprint density at radius 1 is 1.03 bits per heavy atom. The van der Waals surface area contributed by atoms with E-state index in [0.717, 1.165) is 11.5 Å². The number of benzene rings is 2. The molecule has 3 heterocycles. The van der Waals surface area contributed by atoms with Gasteiger partial charge in [0.15, 0.2) is 0 Å². The molecule has 0 saturated heterocycles. The molecule has 2 aromatic heterocycles. The number of rotatable bonds is 1. The van der Waals surface area contributed by atoms with Crippen LogP contribution in [0.5, 0.6) is 0 Å². The van der Waals surface area contributed by atoms with Crippen molar-refractivity contribution in [3.8, 4) is 11.3 Å². The molecule has 2 nitrogen and oxygen atoms in total. The fraction of sp³-hybridized carbons (Fsp3) is 0.222. The molecule has 0 amide bonds. The molecule has 4 aromatic rings. The van der Waals surface area contributed by atoms with E-state index in [1.165, 1.54) is 37.9 Å². The monoisotopic (exact) mass is 409 g/mol. The summed E-state index contributed by atoms with van der Waals surface area (Å²) in [5.74, 6) is 1.31. The minimum Gasteiger partial charge on any atom is -0.465 e. The highest BCUT2D eigenvalue weighted by Crippen LogP contribution is 2.59. The molecule has 2 aliphatic rings. The average molecular weight is 410 g/mol. The van der Waals surface area contributed by atoms with Crippen molar-refractivity contribution in [2.75, 3.05) is 0 Å². The van der Waals surface area contributed by atoms with Crippen LogP contribution in [0.2, 0.25) is 0 Å². The standard InChI is InChI=1S/C27H23NOS/c1-27(2,3)21-15-17(14-16-6-4-5-7-18(16)21)25-24-20-8-9-22-19(11-13-29-22)26(20)30-23(24)10-12-28-25/h4-15,20,26H,1-3H3. The summed E-state index contributed by atoms with van der Waals surface area (Å²) in [4.78, 5) is 6.25. The second-order valence-corrected chi connectivity index (χ2v) is 10.4. The molecule has 1 aliphatic heterocycles. The maximum atomic E-state index is 5.66. The van der Waals surface area contributed by atoms with Gasteiger partial charge in [0.2, 0.25) is 0 Å². The summed E-state index contributed by atoms with van der Waals surface area (Å²) in [6.45, 7) is 6.87. The van der Waals surface area contributed by atoms with Gasteiger partial charge in [-0.2, -0.15) is 0 Å². The van der Waals surface area contributed by atoms with E-state index >= 15 is 0 Å². The van der Waals surface area contributed by atoms with Crippen LogP contribution in [-0.2, 0) is 5.41 Å². The van der Waals surface area contributed by atoms with E-state index in [4.69, 9.17) is 9.40 Å². The number of pyridine rings is 1. The smallest absolute Gasteiger partial charge is 0.130 e. The number of hydrogen-bond acceptors (Lipinski definition) is 3. The van der Waals surface area contributed by atoms with Gasteiger partial charge in [0.1, 0.15) is 5.76 Å². The lowest BCUT2D eigenvalue weighted by Crippen LogP contribution is -2.12. The van der Waals surface area contributed by atoms with Crippen LogP contribution in [0.15, 0.2) is 76.4 Å². The number of nitrogens with zero attached hydrogens (tertiary/aromatic N) is 1. The van der Waals surface area contributed by atoms with E-state index in [2.05, 4.69) is 81.5 Å². The third-order valence-electron chi connectivity index (χ3n) is 6.30. The second-order valence-electron chi connectivity index (χ2n) is 9.23. The van der Waals surface area contributed by atoms with Crippen molar-refractivity contribution in [1.29, 1.82) is 0 Å². The number of aromatic nitrogens is 1. The highest BCUT2D eigenvalue weighted by molar-refractivity contribution is 8.00. The Bertz CT molecular complexity index is 1320. The SMILES string of the molecule is CC(C)(C)c1cc(-c2nccc3c2C2C=Cc4occc4C2S3)cc2ccccc12. The molecular weight excluding hydrogens is 386 g/mol. The molecule has 0 spiro atoms. The van der Waals surface area contributed by atoms with Gasteiger partial charge >= 0.3 is 0 Å². The van der Waals surface area contributed by atoms with Gasteiger partial charge in [-0.1, -0.05) is 51.1 Å². The fourth-order valence-corrected chi connectivity index (χ4v) is 6.35. The van der Waals surface area contributed by atoms with E-state index in [0.29, 0.717) is 11.2 Å². The van der Waals surface area contributed by atoms with Crippen molar-refractivity contribution in [1.82, 2.24) is 4.98 Å². The molecule has 0 fully saturated rings. The Morgan fingerprint density at radius 2 is 1.90 bits per heavy atom. The topological polar surface area (TPSA) is 26.0 Å². The fourth-order valence-electron chi connectivity index (χ4n) is 4.89. The lowest BCUT2D eigenvalue weighted by atomic mass is 9.81. The maximum Gasteiger partial charge on any atom is 0.130 e. The van der Waals surface area contributed by atoms with Crippen LogP contribution in [0, 0.1) is 0 Å². The second kappa shape index (κ2) is 6.36. The zero-order chi connectivity index (χ0) is 20.5. The average Bonchev–Trinajstić information content (AvgIpc) is 3.36. The van der Waals surface area contributed by atoms with Crippen molar-refractivity contribution in [3.05, 3.63) is 89.5 Å². The predicted molar refractivity (Wildman–Crippen MR) is 125 cm³/mol. The van der Waals surface area contributed by atoms with Crippen molar-refractivity contribution >= 4 is 28.6 Å². The number of fused-ring (bicyclic) bond motifs is 6. The van der Waals surface area contributed by atoms with Crippen molar-refractivity contribution in [2.45, 2.75) is 42.2 Å². The molecule has 30 heavy (non-hydrogen) atoms. The first-order chi connectivity index (χ1) is 14.5. The van der Waals surface area contributed by atoms with Gasteiger partial charge in [-0.15, -0.1) is 11.8 Å². The van der Waals surface area contributed by atoms with Gasteiger partial charge in [-0.05, 0) is 52.1 Å². The van der Waals surface area contributed by atoms with Crippen LogP contribution in [0.25, 0.3) is 28.1 Å². The summed E-state index contributed by atoms with van der Waals surface area (Å²) in [7, 11) is 0. The molecule has 0 N–H and O–H groups in total. The summed E-state index contributed by atoms with van der Waals surface area (Å²) >= 11 is 1.94. The molecule has 0 saturated carbocycles. The molecule has 2 aromatic carbocycles. The highest BCUT2D eigenvalue weighted by atomic mass is 32.2. The van der Waals surface area contributed by atoms with E-state index in [-0.39, 0.29) is 5.41 Å². The summed E-state index contributed by atoms with van der Waals surface area (Å²) in [6, 6.07) is 17.7. The number of thioether (sulfide) groups is 1. The van der Waals surface area contributed by atoms with Crippen molar-refractivity contribution < 1.29 is 4.42 Å². The normalized spacial score (nSPS) is 19.6. The molecule has 0 bridgehead atoms. The van der Waals surface area contributed by atoms with Gasteiger partial charge in [0.25, 0.3) is 0 Å². The molecule has 1 aliphatic carbocycles. The summed E-state index contributed by atoms with van der Waals surface area (Å²) in [5, 5.41) is 2.97. The van der Waals surface area contributed by atoms with Crippen LogP contribution in [0.3, 0.4) is 0 Å². The molecular formula is C27H23NOS. The lowest BCUT2D eigenvalue weighted by molar-refractivity contribution is 0.548. The third-order valence-corrected chi connectivity index (χ3v) is 7.71. The van der Waals surface area contributed by atoms with Crippen LogP contribution >= 0.6 is 11.8 Å². The van der Waals surface area contributed by atoms with Crippen LogP contribution in [0.4, 0.5) is 0 Å². The third kappa shape index (κ3) is 2.61. The summed E-state index contributed by atoms with van der Waals surface area (Å²) in [5.41, 5.74) is 6.40. The van der Waals surface area contributed by atoms with Crippen LogP contribution < -0.4 is 0 Å². The minimum atomic E-state index is 0.0568. The molecule has 0 radical (unpaired) electrons. The summed E-state index contributed by atoms with van der Waals surface area (Å²) in [6.07, 6.45) is 8.19. The first-order valence-corrected chi connectivity index (χ1v) is 11.3. The zero-order valence-electron chi connectivity index (χ0n) is 17.3. The predicted octanol–water partition coefficient (Wildman–Crippen LogP) is 7.75. The quantitative estimate of drug-likeness (QED) is 0.321. The largest absolute Gasteiger partial charge is 0.465 e.